The van der Waals surface area contributed by atoms with Crippen LogP contribution in [0, 0.1) is 12.3 Å². The average molecular weight is 397 g/mol. The first-order valence-electron chi connectivity index (χ1n) is 10.7. The van der Waals surface area contributed by atoms with Gasteiger partial charge in [0.25, 0.3) is 11.4 Å². The molecule has 2 nitrogen and oxygen atoms in total. The number of nitrogens with zero attached hydrogens (tertiary/aromatic N) is 2. The summed E-state index contributed by atoms with van der Waals surface area (Å²) in [4.78, 5) is 0. The van der Waals surface area contributed by atoms with E-state index in [0.29, 0.717) is 0 Å². The van der Waals surface area contributed by atoms with Crippen LogP contribution in [0.4, 0.5) is 0 Å². The Kier molecular flexibility index (Phi) is 5.19. The third-order valence-corrected chi connectivity index (χ3v) is 5.89. The Hall–Kier alpha value is -3.00. The van der Waals surface area contributed by atoms with E-state index in [1.807, 2.05) is 0 Å². The van der Waals surface area contributed by atoms with Crippen LogP contribution in [0.25, 0.3) is 33.4 Å². The average Bonchev–Trinajstić information content (AvgIpc) is 2.69. The first-order valence-corrected chi connectivity index (χ1v) is 10.7. The predicted molar refractivity (Wildman–Crippen MR) is 125 cm³/mol. The van der Waals surface area contributed by atoms with Crippen molar-refractivity contribution in [2.45, 2.75) is 34.1 Å². The minimum Gasteiger partial charge on any atom is -0.196 e. The topological polar surface area (TPSA) is 7.76 Å². The molecular weight excluding hydrogens is 364 g/mol. The van der Waals surface area contributed by atoms with Crippen LogP contribution in [0.15, 0.2) is 72.9 Å². The second-order valence-electron chi connectivity index (χ2n) is 9.59. The van der Waals surface area contributed by atoms with Gasteiger partial charge < -0.3 is 0 Å². The fourth-order valence-corrected chi connectivity index (χ4v) is 4.43. The zero-order valence-corrected chi connectivity index (χ0v) is 19.0. The van der Waals surface area contributed by atoms with E-state index in [1.54, 1.807) is 0 Å². The van der Waals surface area contributed by atoms with E-state index in [0.717, 1.165) is 6.42 Å². The van der Waals surface area contributed by atoms with Crippen LogP contribution >= 0.6 is 0 Å². The lowest BCUT2D eigenvalue weighted by Crippen LogP contribution is -2.40. The predicted octanol–water partition coefficient (Wildman–Crippen LogP) is 5.72. The Morgan fingerprint density at radius 1 is 0.767 bits per heavy atom. The van der Waals surface area contributed by atoms with Gasteiger partial charge in [0.05, 0.1) is 0 Å². The molecular formula is C28H32N2+2. The van der Waals surface area contributed by atoms with Crippen molar-refractivity contribution in [3.63, 3.8) is 0 Å². The number of aromatic nitrogens is 2. The maximum absolute atomic E-state index is 2.38. The van der Waals surface area contributed by atoms with Gasteiger partial charge in [0.15, 0.2) is 6.20 Å². The summed E-state index contributed by atoms with van der Waals surface area (Å²) < 4.78 is 4.55. The summed E-state index contributed by atoms with van der Waals surface area (Å²) in [6.45, 7) is 9.17. The third-order valence-electron chi connectivity index (χ3n) is 5.89. The van der Waals surface area contributed by atoms with Crippen molar-refractivity contribution in [3.8, 4) is 22.6 Å². The molecule has 2 aromatic carbocycles. The van der Waals surface area contributed by atoms with Crippen molar-refractivity contribution >= 4 is 10.8 Å². The van der Waals surface area contributed by atoms with Crippen molar-refractivity contribution in [1.29, 1.82) is 0 Å². The monoisotopic (exact) mass is 396 g/mol. The lowest BCUT2D eigenvalue weighted by atomic mass is 9.87. The lowest BCUT2D eigenvalue weighted by Gasteiger charge is -2.19. The van der Waals surface area contributed by atoms with Crippen LogP contribution in [-0.2, 0) is 20.5 Å². The SMILES string of the molecule is Cc1c(-c2cc(CC(C)(C)C)cc(-c3cccc[n+]3C)[n+]2C)ccc2ccccc12. The number of rotatable bonds is 3. The summed E-state index contributed by atoms with van der Waals surface area (Å²) in [5.41, 5.74) is 7.96. The first-order chi connectivity index (χ1) is 14.2. The molecule has 0 spiro atoms. The Morgan fingerprint density at radius 3 is 2.20 bits per heavy atom. The van der Waals surface area contributed by atoms with Crippen LogP contribution < -0.4 is 9.13 Å². The van der Waals surface area contributed by atoms with Crippen LogP contribution in [0.2, 0.25) is 0 Å². The molecule has 0 atom stereocenters. The molecule has 0 saturated heterocycles. The molecule has 0 radical (unpaired) electrons. The largest absolute Gasteiger partial charge is 0.277 e. The van der Waals surface area contributed by atoms with Gasteiger partial charge in [-0.3, -0.25) is 0 Å². The van der Waals surface area contributed by atoms with Crippen molar-refractivity contribution in [1.82, 2.24) is 0 Å². The fourth-order valence-electron chi connectivity index (χ4n) is 4.43. The van der Waals surface area contributed by atoms with E-state index in [-0.39, 0.29) is 5.41 Å². The van der Waals surface area contributed by atoms with Gasteiger partial charge in [-0.15, -0.1) is 0 Å². The number of pyridine rings is 2. The zero-order chi connectivity index (χ0) is 21.5. The van der Waals surface area contributed by atoms with Crippen LogP contribution in [0.3, 0.4) is 0 Å². The Labute approximate surface area is 180 Å². The van der Waals surface area contributed by atoms with Crippen molar-refractivity contribution in [2.24, 2.45) is 19.5 Å². The molecule has 4 rings (SSSR count). The maximum atomic E-state index is 2.38. The van der Waals surface area contributed by atoms with E-state index in [4.69, 9.17) is 0 Å². The van der Waals surface area contributed by atoms with Gasteiger partial charge >= 0.3 is 0 Å². The molecule has 4 aromatic rings. The Morgan fingerprint density at radius 2 is 1.47 bits per heavy atom. The molecule has 0 N–H and O–H groups in total. The lowest BCUT2D eigenvalue weighted by molar-refractivity contribution is -0.685. The summed E-state index contributed by atoms with van der Waals surface area (Å²) in [5, 5.41) is 2.62. The van der Waals surface area contributed by atoms with Gasteiger partial charge in [0.1, 0.15) is 14.1 Å². The van der Waals surface area contributed by atoms with Crippen LogP contribution in [0.1, 0.15) is 31.9 Å². The summed E-state index contributed by atoms with van der Waals surface area (Å²) in [6.07, 6.45) is 3.16. The second kappa shape index (κ2) is 7.68. The molecule has 152 valence electrons. The standard InChI is InChI=1S/C28H32N2/c1-20-23-12-8-7-11-22(23)14-15-24(20)26-17-21(19-28(2,3)4)18-27(30(26)6)25-13-9-10-16-29(25)5/h7-18H,19H2,1-6H3/q+2. The Balaban J connectivity index is 2.00. The van der Waals surface area contributed by atoms with Gasteiger partial charge in [-0.05, 0) is 52.8 Å². The highest BCUT2D eigenvalue weighted by atomic mass is 15.0. The molecule has 0 bridgehead atoms. The first kappa shape index (κ1) is 20.3. The molecule has 30 heavy (non-hydrogen) atoms. The van der Waals surface area contributed by atoms with E-state index < -0.39 is 0 Å². The molecule has 2 heterocycles. The van der Waals surface area contributed by atoms with Crippen molar-refractivity contribution in [2.75, 3.05) is 0 Å². The maximum Gasteiger partial charge on any atom is 0.277 e. The van der Waals surface area contributed by atoms with Crippen molar-refractivity contribution in [3.05, 3.63) is 84.1 Å². The molecule has 0 fully saturated rings. The van der Waals surface area contributed by atoms with E-state index in [9.17, 15) is 0 Å². The highest BCUT2D eigenvalue weighted by Gasteiger charge is 2.26. The van der Waals surface area contributed by atoms with E-state index in [1.165, 1.54) is 44.5 Å². The van der Waals surface area contributed by atoms with Gasteiger partial charge in [-0.2, -0.15) is 9.13 Å². The molecule has 2 heteroatoms. The molecule has 0 saturated carbocycles. The Bertz CT molecular complexity index is 1230. The summed E-state index contributed by atoms with van der Waals surface area (Å²) in [7, 11) is 4.31. The van der Waals surface area contributed by atoms with E-state index in [2.05, 4.69) is 124 Å². The molecule has 0 aliphatic carbocycles. The molecule has 0 amide bonds. The minimum absolute atomic E-state index is 0.228. The zero-order valence-electron chi connectivity index (χ0n) is 19.0. The summed E-state index contributed by atoms with van der Waals surface area (Å²) >= 11 is 0. The molecule has 0 aliphatic heterocycles. The molecule has 2 aromatic heterocycles. The van der Waals surface area contributed by atoms with Gasteiger partial charge in [-0.1, -0.05) is 51.1 Å². The van der Waals surface area contributed by atoms with Gasteiger partial charge in [0, 0.05) is 29.8 Å². The normalized spacial score (nSPS) is 11.8. The number of benzene rings is 2. The summed E-state index contributed by atoms with van der Waals surface area (Å²) in [6, 6.07) is 24.3. The highest BCUT2D eigenvalue weighted by Crippen LogP contribution is 2.31. The molecule has 0 aliphatic rings. The fraction of sp³-hybridized carbons (Fsp3) is 0.286. The van der Waals surface area contributed by atoms with Crippen LogP contribution in [-0.4, -0.2) is 0 Å². The third kappa shape index (κ3) is 3.87. The summed E-state index contributed by atoms with van der Waals surface area (Å²) in [5.74, 6) is 0. The van der Waals surface area contributed by atoms with Crippen molar-refractivity contribution < 1.29 is 9.13 Å². The smallest absolute Gasteiger partial charge is 0.196 e. The highest BCUT2D eigenvalue weighted by molar-refractivity contribution is 5.90. The van der Waals surface area contributed by atoms with Gasteiger partial charge in [0.2, 0.25) is 5.69 Å². The second-order valence-corrected chi connectivity index (χ2v) is 9.59. The quantitative estimate of drug-likeness (QED) is 0.391. The number of hydrogen-bond acceptors (Lipinski definition) is 0. The number of hydrogen-bond donors (Lipinski definition) is 0. The van der Waals surface area contributed by atoms with Gasteiger partial charge in [-0.25, -0.2) is 0 Å². The minimum atomic E-state index is 0.228. The van der Waals surface area contributed by atoms with Crippen LogP contribution in [0.5, 0.6) is 0 Å². The molecule has 0 unspecified atom stereocenters. The van der Waals surface area contributed by atoms with E-state index >= 15 is 0 Å². The number of aryl methyl sites for hydroxylation is 2. The number of fused-ring (bicyclic) bond motifs is 1.